The lowest BCUT2D eigenvalue weighted by atomic mass is 10.0. The number of fused-ring (bicyclic) bond motifs is 1. The molecule has 19 heavy (non-hydrogen) atoms. The lowest BCUT2D eigenvalue weighted by Crippen LogP contribution is -2.35. The van der Waals surface area contributed by atoms with Crippen LogP contribution in [0.15, 0.2) is 18.2 Å². The Hall–Kier alpha value is -1.91. The first-order valence-electron chi connectivity index (χ1n) is 6.56. The van der Waals surface area contributed by atoms with Gasteiger partial charge in [-0.1, -0.05) is 13.8 Å². The Bertz CT molecular complexity index is 576. The van der Waals surface area contributed by atoms with Gasteiger partial charge in [0.2, 0.25) is 0 Å². The van der Waals surface area contributed by atoms with Crippen LogP contribution in [0.25, 0.3) is 11.0 Å². The van der Waals surface area contributed by atoms with Crippen molar-refractivity contribution in [2.24, 2.45) is 5.92 Å². The van der Waals surface area contributed by atoms with Gasteiger partial charge in [-0.05, 0) is 37.5 Å². The second-order valence-electron chi connectivity index (χ2n) is 5.42. The number of carbonyl (C=O) groups excluding carboxylic acids is 1. The topological polar surface area (TPSA) is 61.9 Å². The largest absolute Gasteiger partial charge is 0.339 e. The minimum Gasteiger partial charge on any atom is -0.339 e. The number of rotatable bonds is 4. The number of nitrogens with one attached hydrogen (secondary N) is 1. The van der Waals surface area contributed by atoms with Crippen LogP contribution in [0.1, 0.15) is 37.6 Å². The zero-order valence-electron chi connectivity index (χ0n) is 11.8. The standard InChI is InChI=1S/C14H20N4O/c1-9(2)7-10(3)18(4)14(19)11-5-6-12-13(8-11)16-17-15-12/h5-6,8-10H,7H2,1-4H3,(H,15,16,17)/t10-/m0/s1. The molecule has 2 aromatic rings. The highest BCUT2D eigenvalue weighted by Gasteiger charge is 2.18. The lowest BCUT2D eigenvalue weighted by molar-refractivity contribution is 0.0728. The summed E-state index contributed by atoms with van der Waals surface area (Å²) in [6, 6.07) is 5.61. The summed E-state index contributed by atoms with van der Waals surface area (Å²) in [4.78, 5) is 14.2. The maximum absolute atomic E-state index is 12.4. The molecule has 1 amide bonds. The summed E-state index contributed by atoms with van der Waals surface area (Å²) >= 11 is 0. The Kier molecular flexibility index (Phi) is 3.83. The van der Waals surface area contributed by atoms with Crippen LogP contribution in [-0.2, 0) is 0 Å². The van der Waals surface area contributed by atoms with Gasteiger partial charge in [-0.2, -0.15) is 15.4 Å². The highest BCUT2D eigenvalue weighted by atomic mass is 16.2. The predicted molar refractivity (Wildman–Crippen MR) is 74.9 cm³/mol. The summed E-state index contributed by atoms with van der Waals surface area (Å²) < 4.78 is 0. The van der Waals surface area contributed by atoms with Gasteiger partial charge >= 0.3 is 0 Å². The molecule has 0 bridgehead atoms. The van der Waals surface area contributed by atoms with E-state index < -0.39 is 0 Å². The molecule has 0 fully saturated rings. The SMILES string of the molecule is CC(C)C[C@H](C)N(C)C(=O)c1ccc2n[nH]nc2c1. The molecule has 5 heteroatoms. The van der Waals surface area contributed by atoms with Crippen LogP contribution < -0.4 is 0 Å². The predicted octanol–water partition coefficient (Wildman–Crippen LogP) is 2.46. The van der Waals surface area contributed by atoms with Gasteiger partial charge in [-0.25, -0.2) is 0 Å². The molecule has 0 unspecified atom stereocenters. The van der Waals surface area contributed by atoms with Gasteiger partial charge in [-0.15, -0.1) is 0 Å². The van der Waals surface area contributed by atoms with Gasteiger partial charge in [0.05, 0.1) is 0 Å². The van der Waals surface area contributed by atoms with Gasteiger partial charge < -0.3 is 4.90 Å². The fourth-order valence-corrected chi connectivity index (χ4v) is 2.22. The van der Waals surface area contributed by atoms with Crippen molar-refractivity contribution in [2.75, 3.05) is 7.05 Å². The summed E-state index contributed by atoms with van der Waals surface area (Å²) in [6.45, 7) is 6.40. The summed E-state index contributed by atoms with van der Waals surface area (Å²) in [6.07, 6.45) is 0.994. The fourth-order valence-electron chi connectivity index (χ4n) is 2.22. The van der Waals surface area contributed by atoms with Gasteiger partial charge in [0.1, 0.15) is 11.0 Å². The molecule has 5 nitrogen and oxygen atoms in total. The second kappa shape index (κ2) is 5.38. The number of H-pyrrole nitrogens is 1. The molecule has 1 aromatic carbocycles. The number of nitrogens with zero attached hydrogens (tertiary/aromatic N) is 3. The normalized spacial score (nSPS) is 12.9. The molecule has 1 heterocycles. The molecule has 0 aliphatic rings. The van der Waals surface area contributed by atoms with Crippen LogP contribution >= 0.6 is 0 Å². The number of hydrogen-bond acceptors (Lipinski definition) is 3. The van der Waals surface area contributed by atoms with Crippen molar-refractivity contribution in [3.8, 4) is 0 Å². The maximum atomic E-state index is 12.4. The van der Waals surface area contributed by atoms with Crippen molar-refractivity contribution in [3.05, 3.63) is 23.8 Å². The van der Waals surface area contributed by atoms with E-state index in [4.69, 9.17) is 0 Å². The average Bonchev–Trinajstić information content (AvgIpc) is 2.83. The number of aromatic nitrogens is 3. The lowest BCUT2D eigenvalue weighted by Gasteiger charge is -2.26. The van der Waals surface area contributed by atoms with E-state index >= 15 is 0 Å². The Morgan fingerprint density at radius 2 is 1.95 bits per heavy atom. The zero-order chi connectivity index (χ0) is 14.0. The highest BCUT2D eigenvalue weighted by molar-refractivity contribution is 5.97. The monoisotopic (exact) mass is 260 g/mol. The van der Waals surface area contributed by atoms with Crippen LogP contribution in [-0.4, -0.2) is 39.3 Å². The third-order valence-electron chi connectivity index (χ3n) is 3.36. The molecule has 1 atom stereocenters. The maximum Gasteiger partial charge on any atom is 0.253 e. The van der Waals surface area contributed by atoms with Gasteiger partial charge in [0, 0.05) is 18.7 Å². The Morgan fingerprint density at radius 1 is 1.26 bits per heavy atom. The minimum absolute atomic E-state index is 0.0260. The van der Waals surface area contributed by atoms with E-state index in [1.165, 1.54) is 0 Å². The van der Waals surface area contributed by atoms with Crippen LogP contribution in [0.2, 0.25) is 0 Å². The molecule has 1 N–H and O–H groups in total. The molecule has 0 spiro atoms. The summed E-state index contributed by atoms with van der Waals surface area (Å²) in [5.74, 6) is 0.598. The Balaban J connectivity index is 2.18. The summed E-state index contributed by atoms with van der Waals surface area (Å²) in [7, 11) is 1.85. The fraction of sp³-hybridized carbons (Fsp3) is 0.500. The molecule has 0 saturated carbocycles. The van der Waals surface area contributed by atoms with E-state index in [0.29, 0.717) is 11.5 Å². The third kappa shape index (κ3) is 2.92. The molecule has 0 saturated heterocycles. The number of amides is 1. The van der Waals surface area contributed by atoms with Gasteiger partial charge in [0.15, 0.2) is 0 Å². The van der Waals surface area contributed by atoms with E-state index in [1.54, 1.807) is 17.0 Å². The van der Waals surface area contributed by atoms with E-state index in [9.17, 15) is 4.79 Å². The Morgan fingerprint density at radius 3 is 2.63 bits per heavy atom. The molecular weight excluding hydrogens is 240 g/mol. The summed E-state index contributed by atoms with van der Waals surface area (Å²) in [5, 5.41) is 10.5. The average molecular weight is 260 g/mol. The van der Waals surface area contributed by atoms with E-state index in [1.807, 2.05) is 13.1 Å². The first kappa shape index (κ1) is 13.5. The highest BCUT2D eigenvalue weighted by Crippen LogP contribution is 2.16. The molecular formula is C14H20N4O. The van der Waals surface area contributed by atoms with Crippen molar-refractivity contribution in [1.82, 2.24) is 20.3 Å². The molecule has 2 rings (SSSR count). The van der Waals surface area contributed by atoms with Crippen molar-refractivity contribution in [2.45, 2.75) is 33.2 Å². The van der Waals surface area contributed by atoms with Crippen LogP contribution in [0.5, 0.6) is 0 Å². The summed E-state index contributed by atoms with van der Waals surface area (Å²) in [5.41, 5.74) is 2.14. The van der Waals surface area contributed by atoms with E-state index in [0.717, 1.165) is 17.5 Å². The van der Waals surface area contributed by atoms with Crippen LogP contribution in [0, 0.1) is 5.92 Å². The second-order valence-corrected chi connectivity index (χ2v) is 5.42. The molecule has 0 aliphatic carbocycles. The molecule has 0 aliphatic heterocycles. The van der Waals surface area contributed by atoms with Crippen LogP contribution in [0.4, 0.5) is 0 Å². The minimum atomic E-state index is 0.0260. The first-order valence-corrected chi connectivity index (χ1v) is 6.56. The van der Waals surface area contributed by atoms with Gasteiger partial charge in [0.25, 0.3) is 5.91 Å². The quantitative estimate of drug-likeness (QED) is 0.918. The molecule has 1 aromatic heterocycles. The van der Waals surface area contributed by atoms with Crippen molar-refractivity contribution in [1.29, 1.82) is 0 Å². The molecule has 0 radical (unpaired) electrons. The number of benzene rings is 1. The zero-order valence-corrected chi connectivity index (χ0v) is 11.8. The smallest absolute Gasteiger partial charge is 0.253 e. The van der Waals surface area contributed by atoms with Crippen LogP contribution in [0.3, 0.4) is 0 Å². The number of hydrogen-bond donors (Lipinski definition) is 1. The molecule has 102 valence electrons. The number of carbonyl (C=O) groups is 1. The number of aromatic amines is 1. The third-order valence-corrected chi connectivity index (χ3v) is 3.36. The van der Waals surface area contributed by atoms with Crippen molar-refractivity contribution < 1.29 is 4.79 Å². The van der Waals surface area contributed by atoms with Crippen molar-refractivity contribution in [3.63, 3.8) is 0 Å². The van der Waals surface area contributed by atoms with Crippen molar-refractivity contribution >= 4 is 16.9 Å². The van der Waals surface area contributed by atoms with E-state index in [-0.39, 0.29) is 11.9 Å². The van der Waals surface area contributed by atoms with E-state index in [2.05, 4.69) is 36.2 Å². The van der Waals surface area contributed by atoms with Gasteiger partial charge in [-0.3, -0.25) is 4.79 Å². The Labute approximate surface area is 113 Å². The first-order chi connectivity index (χ1) is 8.99.